The molecule has 1 atom stereocenters. The minimum Gasteiger partial charge on any atom is -0.497 e. The molecule has 6 nitrogen and oxygen atoms in total. The predicted octanol–water partition coefficient (Wildman–Crippen LogP) is 1.58. The Labute approximate surface area is 136 Å². The fraction of sp³-hybridized carbons (Fsp3) is 0.467. The molecule has 7 heteroatoms. The predicted molar refractivity (Wildman–Crippen MR) is 86.4 cm³/mol. The molecule has 0 bridgehead atoms. The maximum atomic E-state index is 11.7. The van der Waals surface area contributed by atoms with Gasteiger partial charge in [0.25, 0.3) is 0 Å². The first kappa shape index (κ1) is 20.2. The van der Waals surface area contributed by atoms with Crippen LogP contribution in [0.1, 0.15) is 25.3 Å². The highest BCUT2D eigenvalue weighted by Crippen LogP contribution is 2.10. The average molecular weight is 331 g/mol. The summed E-state index contributed by atoms with van der Waals surface area (Å²) >= 11 is 0. The van der Waals surface area contributed by atoms with E-state index in [9.17, 15) is 9.59 Å². The van der Waals surface area contributed by atoms with Crippen LogP contribution in [0, 0.1) is 0 Å². The van der Waals surface area contributed by atoms with Crippen LogP contribution < -0.4 is 15.4 Å². The van der Waals surface area contributed by atoms with E-state index in [1.54, 1.807) is 7.11 Å². The molecule has 0 heterocycles. The smallest absolute Gasteiger partial charge is 0.320 e. The highest BCUT2D eigenvalue weighted by molar-refractivity contribution is 5.85. The molecule has 0 fully saturated rings. The van der Waals surface area contributed by atoms with Gasteiger partial charge < -0.3 is 15.2 Å². The Bertz CT molecular complexity index is 465. The lowest BCUT2D eigenvalue weighted by Crippen LogP contribution is -2.42. The quantitative estimate of drug-likeness (QED) is 0.640. The van der Waals surface area contributed by atoms with Gasteiger partial charge in [0.15, 0.2) is 0 Å². The second-order valence-corrected chi connectivity index (χ2v) is 4.69. The number of aliphatic carboxylic acids is 1. The van der Waals surface area contributed by atoms with E-state index in [-0.39, 0.29) is 24.9 Å². The highest BCUT2D eigenvalue weighted by Gasteiger charge is 2.16. The van der Waals surface area contributed by atoms with Gasteiger partial charge in [-0.2, -0.15) is 0 Å². The van der Waals surface area contributed by atoms with E-state index in [1.807, 2.05) is 31.2 Å². The Morgan fingerprint density at radius 1 is 1.27 bits per heavy atom. The fourth-order valence-corrected chi connectivity index (χ4v) is 1.82. The van der Waals surface area contributed by atoms with Crippen molar-refractivity contribution in [3.05, 3.63) is 29.8 Å². The molecule has 0 spiro atoms. The lowest BCUT2D eigenvalue weighted by Gasteiger charge is -2.13. The van der Waals surface area contributed by atoms with E-state index in [1.165, 1.54) is 0 Å². The number of ether oxygens (including phenoxy) is 1. The van der Waals surface area contributed by atoms with E-state index < -0.39 is 12.0 Å². The maximum absolute atomic E-state index is 11.7. The summed E-state index contributed by atoms with van der Waals surface area (Å²) in [5, 5.41) is 14.4. The van der Waals surface area contributed by atoms with Crippen LogP contribution in [0.5, 0.6) is 5.75 Å². The van der Waals surface area contributed by atoms with Gasteiger partial charge in [-0.3, -0.25) is 14.9 Å². The van der Waals surface area contributed by atoms with Gasteiger partial charge in [-0.25, -0.2) is 0 Å². The number of halogens is 1. The van der Waals surface area contributed by atoms with Crippen LogP contribution in [0.25, 0.3) is 0 Å². The molecule has 0 saturated carbocycles. The summed E-state index contributed by atoms with van der Waals surface area (Å²) in [7, 11) is 1.59. The number of rotatable bonds is 9. The Kier molecular flexibility index (Phi) is 9.98. The molecule has 0 aromatic heterocycles. The third-order valence-electron chi connectivity index (χ3n) is 3.03. The topological polar surface area (TPSA) is 87.7 Å². The molecule has 3 N–H and O–H groups in total. The van der Waals surface area contributed by atoms with Crippen molar-refractivity contribution in [1.29, 1.82) is 0 Å². The second-order valence-electron chi connectivity index (χ2n) is 4.69. The van der Waals surface area contributed by atoms with Gasteiger partial charge in [-0.15, -0.1) is 12.4 Å². The third kappa shape index (κ3) is 7.28. The summed E-state index contributed by atoms with van der Waals surface area (Å²) in [5.41, 5.74) is 0.951. The number of carboxylic acid groups (broad SMARTS) is 1. The SMILES string of the molecule is CCCC(NCC(=O)NCc1ccc(OC)cc1)C(=O)O.Cl. The molecule has 0 aliphatic heterocycles. The Hall–Kier alpha value is -1.79. The molecule has 1 rings (SSSR count). The van der Waals surface area contributed by atoms with Gasteiger partial charge in [0.05, 0.1) is 13.7 Å². The van der Waals surface area contributed by atoms with Gasteiger partial charge in [-0.1, -0.05) is 25.5 Å². The molecule has 1 unspecified atom stereocenters. The summed E-state index contributed by atoms with van der Waals surface area (Å²) in [6.07, 6.45) is 1.25. The Balaban J connectivity index is 0.00000441. The number of methoxy groups -OCH3 is 1. The second kappa shape index (κ2) is 10.9. The number of hydrogen-bond acceptors (Lipinski definition) is 4. The number of hydrogen-bond donors (Lipinski definition) is 3. The highest BCUT2D eigenvalue weighted by atomic mass is 35.5. The number of carbonyl (C=O) groups excluding carboxylic acids is 1. The molecule has 0 aliphatic rings. The molecule has 0 radical (unpaired) electrons. The normalized spacial score (nSPS) is 11.2. The first-order valence-electron chi connectivity index (χ1n) is 6.92. The molecule has 0 saturated heterocycles. The Morgan fingerprint density at radius 3 is 2.41 bits per heavy atom. The zero-order chi connectivity index (χ0) is 15.7. The molecular formula is C15H23ClN2O4. The van der Waals surface area contributed by atoms with Crippen molar-refractivity contribution in [3.8, 4) is 5.75 Å². The van der Waals surface area contributed by atoms with Crippen LogP contribution in [-0.2, 0) is 16.1 Å². The lowest BCUT2D eigenvalue weighted by molar-refractivity contribution is -0.139. The van der Waals surface area contributed by atoms with Crippen LogP contribution in [0.4, 0.5) is 0 Å². The molecule has 124 valence electrons. The zero-order valence-electron chi connectivity index (χ0n) is 12.8. The van der Waals surface area contributed by atoms with E-state index in [0.717, 1.165) is 17.7 Å². The first-order chi connectivity index (χ1) is 10.1. The van der Waals surface area contributed by atoms with E-state index in [4.69, 9.17) is 9.84 Å². The van der Waals surface area contributed by atoms with Gasteiger partial charge in [0, 0.05) is 6.54 Å². The monoisotopic (exact) mass is 330 g/mol. The number of amides is 1. The number of carbonyl (C=O) groups is 2. The van der Waals surface area contributed by atoms with Crippen molar-refractivity contribution in [3.63, 3.8) is 0 Å². The molecule has 0 aliphatic carbocycles. The number of carboxylic acids is 1. The summed E-state index contributed by atoms with van der Waals surface area (Å²) < 4.78 is 5.05. The van der Waals surface area contributed by atoms with Crippen LogP contribution in [0.3, 0.4) is 0 Å². The average Bonchev–Trinajstić information content (AvgIpc) is 2.49. The number of benzene rings is 1. The van der Waals surface area contributed by atoms with Gasteiger partial charge in [-0.05, 0) is 24.1 Å². The van der Waals surface area contributed by atoms with Crippen molar-refractivity contribution >= 4 is 24.3 Å². The third-order valence-corrected chi connectivity index (χ3v) is 3.03. The number of nitrogens with one attached hydrogen (secondary N) is 2. The van der Waals surface area contributed by atoms with E-state index >= 15 is 0 Å². The van der Waals surface area contributed by atoms with Crippen LogP contribution in [0.2, 0.25) is 0 Å². The van der Waals surface area contributed by atoms with E-state index in [2.05, 4.69) is 10.6 Å². The summed E-state index contributed by atoms with van der Waals surface area (Å²) in [6.45, 7) is 2.30. The standard InChI is InChI=1S/C15H22N2O4.ClH/c1-3-4-13(15(19)20)16-10-14(18)17-9-11-5-7-12(21-2)8-6-11;/h5-8,13,16H,3-4,9-10H2,1-2H3,(H,17,18)(H,19,20);1H. The van der Waals surface area contributed by atoms with Crippen LogP contribution in [0.15, 0.2) is 24.3 Å². The molecule has 1 aromatic carbocycles. The van der Waals surface area contributed by atoms with Gasteiger partial charge >= 0.3 is 5.97 Å². The molecule has 22 heavy (non-hydrogen) atoms. The van der Waals surface area contributed by atoms with Crippen LogP contribution in [-0.4, -0.2) is 36.7 Å². The zero-order valence-corrected chi connectivity index (χ0v) is 13.6. The van der Waals surface area contributed by atoms with Gasteiger partial charge in [0.2, 0.25) is 5.91 Å². The molecular weight excluding hydrogens is 308 g/mol. The largest absolute Gasteiger partial charge is 0.497 e. The van der Waals surface area contributed by atoms with Crippen molar-refractivity contribution in [2.45, 2.75) is 32.4 Å². The lowest BCUT2D eigenvalue weighted by atomic mass is 10.1. The molecule has 1 amide bonds. The van der Waals surface area contributed by atoms with E-state index in [0.29, 0.717) is 13.0 Å². The van der Waals surface area contributed by atoms with Crippen molar-refractivity contribution in [2.24, 2.45) is 0 Å². The minimum atomic E-state index is -0.931. The van der Waals surface area contributed by atoms with Crippen molar-refractivity contribution in [2.75, 3.05) is 13.7 Å². The summed E-state index contributed by atoms with van der Waals surface area (Å²) in [6, 6.07) is 6.69. The summed E-state index contributed by atoms with van der Waals surface area (Å²) in [4.78, 5) is 22.6. The summed E-state index contributed by atoms with van der Waals surface area (Å²) in [5.74, 6) is -0.399. The first-order valence-corrected chi connectivity index (χ1v) is 6.92. The minimum absolute atomic E-state index is 0. The maximum Gasteiger partial charge on any atom is 0.320 e. The fourth-order valence-electron chi connectivity index (χ4n) is 1.82. The van der Waals surface area contributed by atoms with Crippen molar-refractivity contribution in [1.82, 2.24) is 10.6 Å². The van der Waals surface area contributed by atoms with Crippen LogP contribution >= 0.6 is 12.4 Å². The Morgan fingerprint density at radius 2 is 1.91 bits per heavy atom. The van der Waals surface area contributed by atoms with Crippen molar-refractivity contribution < 1.29 is 19.4 Å². The molecule has 1 aromatic rings. The van der Waals surface area contributed by atoms with Gasteiger partial charge in [0.1, 0.15) is 11.8 Å².